The summed E-state index contributed by atoms with van der Waals surface area (Å²) in [6.07, 6.45) is 35.9. The average Bonchev–Trinajstić information content (AvgIpc) is 2.81. The van der Waals surface area contributed by atoms with E-state index in [1.165, 1.54) is 166 Å². The van der Waals surface area contributed by atoms with Gasteiger partial charge in [-0.3, -0.25) is 0 Å². The molecule has 0 aliphatic carbocycles. The summed E-state index contributed by atoms with van der Waals surface area (Å²) >= 11 is 7.17. The van der Waals surface area contributed by atoms with E-state index in [0.717, 1.165) is 4.83 Å². The summed E-state index contributed by atoms with van der Waals surface area (Å²) in [6, 6.07) is 0. The molecule has 0 heterocycles. The second-order valence-electron chi connectivity index (χ2n) is 9.91. The van der Waals surface area contributed by atoms with E-state index in [1.807, 2.05) is 0 Å². The molecule has 0 aliphatic rings. The van der Waals surface area contributed by atoms with Gasteiger partial charge in [-0.05, 0) is 19.3 Å². The van der Waals surface area contributed by atoms with Gasteiger partial charge >= 0.3 is 0 Å². The molecule has 0 spiro atoms. The number of halogens is 2. The average molecular weight is 583 g/mol. The van der Waals surface area contributed by atoms with Crippen molar-refractivity contribution in [2.75, 3.05) is 5.33 Å². The maximum absolute atomic E-state index is 3.69. The van der Waals surface area contributed by atoms with Crippen LogP contribution < -0.4 is 0 Å². The van der Waals surface area contributed by atoms with Crippen molar-refractivity contribution in [1.82, 2.24) is 0 Å². The second kappa shape index (κ2) is 34.1. The topological polar surface area (TPSA) is 0 Å². The Hall–Kier alpha value is 0.960. The lowest BCUT2D eigenvalue weighted by Gasteiger charge is -2.06. The number of alkyl halides is 2. The van der Waals surface area contributed by atoms with Crippen LogP contribution in [-0.2, 0) is 0 Å². The lowest BCUT2D eigenvalue weighted by Crippen LogP contribution is -1.94. The van der Waals surface area contributed by atoms with Crippen molar-refractivity contribution >= 4 is 31.9 Å². The fourth-order valence-corrected chi connectivity index (χ4v) is 4.89. The molecule has 0 saturated carbocycles. The van der Waals surface area contributed by atoms with Crippen molar-refractivity contribution < 1.29 is 0 Å². The van der Waals surface area contributed by atoms with Gasteiger partial charge in [0.1, 0.15) is 0 Å². The van der Waals surface area contributed by atoms with Crippen LogP contribution in [-0.4, -0.2) is 10.2 Å². The van der Waals surface area contributed by atoms with Crippen LogP contribution in [0.5, 0.6) is 0 Å². The van der Waals surface area contributed by atoms with E-state index >= 15 is 0 Å². The first kappa shape index (κ1) is 35.1. The molecule has 2 heteroatoms. The number of hydrogen-bond acceptors (Lipinski definition) is 0. The fraction of sp³-hybridized carbons (Fsp3) is 1.00. The molecule has 0 bridgehead atoms. The Labute approximate surface area is 222 Å². The smallest absolute Gasteiger partial charge is 0.0143 e. The van der Waals surface area contributed by atoms with E-state index in [2.05, 4.69) is 52.6 Å². The molecule has 0 radical (unpaired) electrons. The highest BCUT2D eigenvalue weighted by Gasteiger charge is 1.99. The van der Waals surface area contributed by atoms with Crippen molar-refractivity contribution in [2.45, 2.75) is 186 Å². The van der Waals surface area contributed by atoms with Crippen LogP contribution >= 0.6 is 31.9 Å². The van der Waals surface area contributed by atoms with Crippen molar-refractivity contribution in [2.24, 2.45) is 0 Å². The molecule has 0 aromatic carbocycles. The van der Waals surface area contributed by atoms with Crippen molar-refractivity contribution in [3.05, 3.63) is 0 Å². The number of hydrogen-bond donors (Lipinski definition) is 0. The van der Waals surface area contributed by atoms with E-state index in [9.17, 15) is 0 Å². The van der Waals surface area contributed by atoms with Crippen LogP contribution in [0.3, 0.4) is 0 Å². The van der Waals surface area contributed by atoms with E-state index in [1.54, 1.807) is 0 Å². The highest BCUT2D eigenvalue weighted by Crippen LogP contribution is 2.16. The normalized spacial score (nSPS) is 11.9. The molecule has 1 unspecified atom stereocenters. The van der Waals surface area contributed by atoms with Crippen molar-refractivity contribution in [3.63, 3.8) is 0 Å². The van der Waals surface area contributed by atoms with Gasteiger partial charge in [-0.15, -0.1) is 0 Å². The van der Waals surface area contributed by atoms with Gasteiger partial charge in [0.2, 0.25) is 0 Å². The SMILES string of the molecule is CCCCCCCCCCCCC(Br)CC.CCCCCCCCCCCCCCCBr. The Kier molecular flexibility index (Phi) is 37.5. The summed E-state index contributed by atoms with van der Waals surface area (Å²) in [7, 11) is 0. The highest BCUT2D eigenvalue weighted by atomic mass is 79.9. The first-order chi connectivity index (χ1) is 15.7. The maximum Gasteiger partial charge on any atom is 0.0143 e. The highest BCUT2D eigenvalue weighted by molar-refractivity contribution is 9.09. The zero-order chi connectivity index (χ0) is 24.0. The van der Waals surface area contributed by atoms with Gasteiger partial charge < -0.3 is 0 Å². The minimum atomic E-state index is 0.765. The van der Waals surface area contributed by atoms with Gasteiger partial charge in [0.25, 0.3) is 0 Å². The molecular weight excluding hydrogens is 520 g/mol. The summed E-state index contributed by atoms with van der Waals surface area (Å²) in [5, 5.41) is 1.19. The lowest BCUT2D eigenvalue weighted by atomic mass is 10.0. The van der Waals surface area contributed by atoms with Crippen molar-refractivity contribution in [3.8, 4) is 0 Å². The minimum Gasteiger partial charge on any atom is -0.0928 e. The second-order valence-corrected chi connectivity index (χ2v) is 12.0. The fourth-order valence-electron chi connectivity index (χ4n) is 4.17. The van der Waals surface area contributed by atoms with E-state index in [0.29, 0.717) is 0 Å². The Morgan fingerprint density at radius 2 is 0.688 bits per heavy atom. The van der Waals surface area contributed by atoms with Gasteiger partial charge in [-0.2, -0.15) is 0 Å². The molecule has 0 aliphatic heterocycles. The lowest BCUT2D eigenvalue weighted by molar-refractivity contribution is 0.543. The predicted molar refractivity (Wildman–Crippen MR) is 159 cm³/mol. The zero-order valence-corrected chi connectivity index (χ0v) is 25.9. The number of rotatable bonds is 25. The largest absolute Gasteiger partial charge is 0.0928 e. The van der Waals surface area contributed by atoms with Crippen LogP contribution in [0.4, 0.5) is 0 Å². The van der Waals surface area contributed by atoms with E-state index < -0.39 is 0 Å². The number of unbranched alkanes of at least 4 members (excludes halogenated alkanes) is 21. The molecule has 0 fully saturated rings. The molecule has 0 N–H and O–H groups in total. The molecule has 0 aromatic rings. The van der Waals surface area contributed by atoms with Gasteiger partial charge in [-0.1, -0.05) is 194 Å². The Morgan fingerprint density at radius 3 is 0.969 bits per heavy atom. The monoisotopic (exact) mass is 580 g/mol. The first-order valence-corrected chi connectivity index (χ1v) is 17.0. The molecule has 32 heavy (non-hydrogen) atoms. The Bertz CT molecular complexity index is 279. The van der Waals surface area contributed by atoms with Crippen LogP contribution in [0.2, 0.25) is 0 Å². The molecule has 196 valence electrons. The first-order valence-electron chi connectivity index (χ1n) is 14.9. The van der Waals surface area contributed by atoms with Gasteiger partial charge in [-0.25, -0.2) is 0 Å². The third-order valence-corrected chi connectivity index (χ3v) is 8.22. The van der Waals surface area contributed by atoms with Crippen LogP contribution in [0.25, 0.3) is 0 Å². The summed E-state index contributed by atoms with van der Waals surface area (Å²) in [6.45, 7) is 6.83. The molecule has 0 aromatic heterocycles. The molecule has 0 nitrogen and oxygen atoms in total. The van der Waals surface area contributed by atoms with Crippen LogP contribution in [0, 0.1) is 0 Å². The van der Waals surface area contributed by atoms with E-state index in [-0.39, 0.29) is 0 Å². The maximum atomic E-state index is 3.69. The molecule has 0 saturated heterocycles. The Balaban J connectivity index is 0. The quantitative estimate of drug-likeness (QED) is 0.0742. The van der Waals surface area contributed by atoms with E-state index in [4.69, 9.17) is 0 Å². The Morgan fingerprint density at radius 1 is 0.406 bits per heavy atom. The summed E-state index contributed by atoms with van der Waals surface area (Å²) < 4.78 is 0. The minimum absolute atomic E-state index is 0.765. The van der Waals surface area contributed by atoms with Gasteiger partial charge in [0.05, 0.1) is 0 Å². The van der Waals surface area contributed by atoms with Crippen molar-refractivity contribution in [1.29, 1.82) is 0 Å². The zero-order valence-electron chi connectivity index (χ0n) is 22.7. The summed E-state index contributed by atoms with van der Waals surface area (Å²) in [4.78, 5) is 0.765. The molecular formula is C30H62Br2. The molecule has 0 rings (SSSR count). The third-order valence-electron chi connectivity index (χ3n) is 6.55. The summed E-state index contributed by atoms with van der Waals surface area (Å²) in [5.41, 5.74) is 0. The van der Waals surface area contributed by atoms with Crippen LogP contribution in [0.1, 0.15) is 181 Å². The standard InChI is InChI=1S/2C15H31Br/c1-3-5-6-7-8-9-10-11-12-13-14-15(16)4-2;1-2-3-4-5-6-7-8-9-10-11-12-13-14-15-16/h15H,3-14H2,1-2H3;2-15H2,1H3. The van der Waals surface area contributed by atoms with Crippen LogP contribution in [0.15, 0.2) is 0 Å². The molecule has 1 atom stereocenters. The summed E-state index contributed by atoms with van der Waals surface area (Å²) in [5.74, 6) is 0. The third kappa shape index (κ3) is 35.5. The predicted octanol–water partition coefficient (Wildman–Crippen LogP) is 12.9. The van der Waals surface area contributed by atoms with Gasteiger partial charge in [0, 0.05) is 10.2 Å². The molecule has 0 amide bonds. The van der Waals surface area contributed by atoms with Gasteiger partial charge in [0.15, 0.2) is 0 Å².